The molecule has 3 rings (SSSR count). The van der Waals surface area contributed by atoms with E-state index in [0.29, 0.717) is 5.76 Å². The summed E-state index contributed by atoms with van der Waals surface area (Å²) >= 11 is 0. The van der Waals surface area contributed by atoms with Gasteiger partial charge < -0.3 is 20.0 Å². The first-order valence-electron chi connectivity index (χ1n) is 9.00. The summed E-state index contributed by atoms with van der Waals surface area (Å²) in [4.78, 5) is 26.0. The third-order valence-corrected chi connectivity index (χ3v) is 4.66. The van der Waals surface area contributed by atoms with Crippen LogP contribution in [0, 0.1) is 0 Å². The van der Waals surface area contributed by atoms with E-state index in [1.807, 2.05) is 21.8 Å². The number of hydrogen-bond acceptors (Lipinski definition) is 4. The molecule has 0 unspecified atom stereocenters. The number of carbonyl (C=O) groups excluding carboxylic acids is 2. The lowest BCUT2D eigenvalue weighted by Gasteiger charge is -2.35. The second-order valence-electron chi connectivity index (χ2n) is 6.40. The predicted octanol–water partition coefficient (Wildman–Crippen LogP) is 1.99. The lowest BCUT2D eigenvalue weighted by Crippen LogP contribution is -2.48. The highest BCUT2D eigenvalue weighted by Crippen LogP contribution is 2.20. The van der Waals surface area contributed by atoms with Crippen molar-refractivity contribution in [1.82, 2.24) is 25.3 Å². The smallest absolute Gasteiger partial charge is 0.318 e. The standard InChI is InChI=1S/C18H25N5O3/c1-19-17(24)16-7-6-15(26-16)13-20-18(25)23-11-3-2-5-14(23)8-12-22-10-4-9-21-22/h4,6-7,9-10,14H,2-3,5,8,11-13H2,1H3,(H,19,24)(H,20,25)/t14-/m0/s1. The van der Waals surface area contributed by atoms with Gasteiger partial charge in [0.15, 0.2) is 5.76 Å². The lowest BCUT2D eigenvalue weighted by atomic mass is 10.00. The minimum absolute atomic E-state index is 0.0898. The molecule has 0 spiro atoms. The van der Waals surface area contributed by atoms with Crippen molar-refractivity contribution >= 4 is 11.9 Å². The Hall–Kier alpha value is -2.77. The van der Waals surface area contributed by atoms with Crippen molar-refractivity contribution in [2.24, 2.45) is 0 Å². The molecule has 0 radical (unpaired) electrons. The van der Waals surface area contributed by atoms with E-state index >= 15 is 0 Å². The van der Waals surface area contributed by atoms with Gasteiger partial charge in [0.1, 0.15) is 5.76 Å². The summed E-state index contributed by atoms with van der Waals surface area (Å²) in [6, 6.07) is 5.34. The SMILES string of the molecule is CNC(=O)c1ccc(CNC(=O)N2CCCC[C@H]2CCn2cccn2)o1. The Bertz CT molecular complexity index is 725. The molecule has 8 heteroatoms. The summed E-state index contributed by atoms with van der Waals surface area (Å²) in [6.45, 7) is 1.82. The molecule has 1 saturated heterocycles. The van der Waals surface area contributed by atoms with Crippen LogP contribution in [-0.2, 0) is 13.1 Å². The fourth-order valence-electron chi connectivity index (χ4n) is 3.26. The molecular formula is C18H25N5O3. The highest BCUT2D eigenvalue weighted by atomic mass is 16.4. The summed E-state index contributed by atoms with van der Waals surface area (Å²) in [5.41, 5.74) is 0. The average molecular weight is 359 g/mol. The molecule has 1 atom stereocenters. The Kier molecular flexibility index (Phi) is 5.93. The Morgan fingerprint density at radius 2 is 2.23 bits per heavy atom. The van der Waals surface area contributed by atoms with Gasteiger partial charge in [-0.15, -0.1) is 0 Å². The number of nitrogens with one attached hydrogen (secondary N) is 2. The number of piperidine rings is 1. The van der Waals surface area contributed by atoms with Crippen LogP contribution in [0.15, 0.2) is 35.0 Å². The quantitative estimate of drug-likeness (QED) is 0.825. The summed E-state index contributed by atoms with van der Waals surface area (Å²) < 4.78 is 7.34. The summed E-state index contributed by atoms with van der Waals surface area (Å²) in [5.74, 6) is 0.520. The molecule has 2 aromatic heterocycles. The van der Waals surface area contributed by atoms with E-state index in [2.05, 4.69) is 15.7 Å². The molecule has 2 aromatic rings. The predicted molar refractivity (Wildman–Crippen MR) is 95.5 cm³/mol. The molecule has 3 heterocycles. The van der Waals surface area contributed by atoms with Crippen molar-refractivity contribution < 1.29 is 14.0 Å². The Balaban J connectivity index is 1.52. The Morgan fingerprint density at radius 3 is 3.00 bits per heavy atom. The number of urea groups is 1. The van der Waals surface area contributed by atoms with Crippen molar-refractivity contribution in [2.75, 3.05) is 13.6 Å². The Morgan fingerprint density at radius 1 is 1.35 bits per heavy atom. The van der Waals surface area contributed by atoms with Gasteiger partial charge in [0.2, 0.25) is 0 Å². The minimum atomic E-state index is -0.280. The van der Waals surface area contributed by atoms with Gasteiger partial charge in [-0.1, -0.05) is 0 Å². The highest BCUT2D eigenvalue weighted by Gasteiger charge is 2.26. The van der Waals surface area contributed by atoms with Crippen LogP contribution in [0.4, 0.5) is 4.79 Å². The molecule has 0 aromatic carbocycles. The zero-order chi connectivity index (χ0) is 18.4. The zero-order valence-corrected chi connectivity index (χ0v) is 15.0. The molecule has 0 saturated carbocycles. The number of amides is 3. The number of carbonyl (C=O) groups is 2. The van der Waals surface area contributed by atoms with E-state index in [4.69, 9.17) is 4.42 Å². The van der Waals surface area contributed by atoms with E-state index in [1.54, 1.807) is 25.4 Å². The van der Waals surface area contributed by atoms with Crippen LogP contribution >= 0.6 is 0 Å². The van der Waals surface area contributed by atoms with Crippen molar-refractivity contribution in [3.8, 4) is 0 Å². The fraction of sp³-hybridized carbons (Fsp3) is 0.500. The van der Waals surface area contributed by atoms with Gasteiger partial charge >= 0.3 is 6.03 Å². The molecule has 1 fully saturated rings. The largest absolute Gasteiger partial charge is 0.454 e. The first-order chi connectivity index (χ1) is 12.7. The van der Waals surface area contributed by atoms with Crippen LogP contribution in [0.5, 0.6) is 0 Å². The summed E-state index contributed by atoms with van der Waals surface area (Å²) in [7, 11) is 1.55. The number of nitrogens with zero attached hydrogens (tertiary/aromatic N) is 3. The third-order valence-electron chi connectivity index (χ3n) is 4.66. The first kappa shape index (κ1) is 18.0. The lowest BCUT2D eigenvalue weighted by molar-refractivity contribution is 0.0933. The van der Waals surface area contributed by atoms with Crippen molar-refractivity contribution in [3.05, 3.63) is 42.1 Å². The summed E-state index contributed by atoms with van der Waals surface area (Å²) in [6.07, 6.45) is 7.76. The van der Waals surface area contributed by atoms with Crippen LogP contribution in [0.2, 0.25) is 0 Å². The van der Waals surface area contributed by atoms with Crippen LogP contribution in [-0.4, -0.2) is 46.3 Å². The van der Waals surface area contributed by atoms with E-state index in [0.717, 1.165) is 38.8 Å². The number of hydrogen-bond donors (Lipinski definition) is 2. The van der Waals surface area contributed by atoms with E-state index < -0.39 is 0 Å². The van der Waals surface area contributed by atoms with E-state index in [1.165, 1.54) is 0 Å². The van der Waals surface area contributed by atoms with Crippen LogP contribution in [0.1, 0.15) is 42.0 Å². The number of rotatable bonds is 6. The molecule has 1 aliphatic heterocycles. The number of aromatic nitrogens is 2. The van der Waals surface area contributed by atoms with Gasteiger partial charge in [-0.2, -0.15) is 5.10 Å². The van der Waals surface area contributed by atoms with Gasteiger partial charge in [0.05, 0.1) is 6.54 Å². The summed E-state index contributed by atoms with van der Waals surface area (Å²) in [5, 5.41) is 9.63. The molecular weight excluding hydrogens is 334 g/mol. The molecule has 1 aliphatic rings. The van der Waals surface area contributed by atoms with E-state index in [9.17, 15) is 9.59 Å². The highest BCUT2D eigenvalue weighted by molar-refractivity contribution is 5.91. The van der Waals surface area contributed by atoms with Crippen LogP contribution < -0.4 is 10.6 Å². The van der Waals surface area contributed by atoms with Gasteiger partial charge in [-0.25, -0.2) is 4.79 Å². The average Bonchev–Trinajstić information content (AvgIpc) is 3.36. The molecule has 0 aliphatic carbocycles. The second-order valence-corrected chi connectivity index (χ2v) is 6.40. The normalized spacial score (nSPS) is 17.1. The maximum Gasteiger partial charge on any atom is 0.318 e. The minimum Gasteiger partial charge on any atom is -0.454 e. The molecule has 140 valence electrons. The Labute approximate surface area is 152 Å². The molecule has 0 bridgehead atoms. The molecule has 2 N–H and O–H groups in total. The topological polar surface area (TPSA) is 92.4 Å². The zero-order valence-electron chi connectivity index (χ0n) is 15.0. The number of likely N-dealkylation sites (tertiary alicyclic amines) is 1. The molecule has 26 heavy (non-hydrogen) atoms. The molecule has 8 nitrogen and oxygen atoms in total. The second kappa shape index (κ2) is 8.55. The van der Waals surface area contributed by atoms with Gasteiger partial charge in [-0.05, 0) is 43.9 Å². The number of aryl methyl sites for hydroxylation is 1. The third kappa shape index (κ3) is 4.44. The fourth-order valence-corrected chi connectivity index (χ4v) is 3.26. The van der Waals surface area contributed by atoms with Crippen LogP contribution in [0.25, 0.3) is 0 Å². The van der Waals surface area contributed by atoms with Gasteiger partial charge in [0.25, 0.3) is 5.91 Å². The van der Waals surface area contributed by atoms with Crippen molar-refractivity contribution in [1.29, 1.82) is 0 Å². The van der Waals surface area contributed by atoms with E-state index in [-0.39, 0.29) is 30.3 Å². The van der Waals surface area contributed by atoms with Crippen molar-refractivity contribution in [2.45, 2.75) is 44.8 Å². The van der Waals surface area contributed by atoms with Gasteiger partial charge in [0, 0.05) is 38.6 Å². The maximum atomic E-state index is 12.6. The van der Waals surface area contributed by atoms with Crippen LogP contribution in [0.3, 0.4) is 0 Å². The molecule has 3 amide bonds. The monoisotopic (exact) mass is 359 g/mol. The van der Waals surface area contributed by atoms with Crippen molar-refractivity contribution in [3.63, 3.8) is 0 Å². The maximum absolute atomic E-state index is 12.6. The first-order valence-corrected chi connectivity index (χ1v) is 9.00. The van der Waals surface area contributed by atoms with Gasteiger partial charge in [-0.3, -0.25) is 9.48 Å². The number of furan rings is 1.